The van der Waals surface area contributed by atoms with Gasteiger partial charge in [-0.3, -0.25) is 14.5 Å². The summed E-state index contributed by atoms with van der Waals surface area (Å²) in [6, 6.07) is 15.8. The van der Waals surface area contributed by atoms with Crippen LogP contribution < -0.4 is 0 Å². The number of benzene rings is 2. The number of amides is 2. The molecule has 2 aliphatic rings. The number of aryl methyl sites for hydroxylation is 1. The molecule has 0 spiro atoms. The number of hydrogen-bond donors (Lipinski definition) is 2. The lowest BCUT2D eigenvalue weighted by Gasteiger charge is -2.31. The number of fused-ring (bicyclic) bond motifs is 1. The minimum atomic E-state index is -1.46. The molecule has 7 nitrogen and oxygen atoms in total. The molecule has 1 saturated heterocycles. The number of hydrogen-bond acceptors (Lipinski definition) is 4. The zero-order chi connectivity index (χ0) is 23.1. The van der Waals surface area contributed by atoms with Crippen molar-refractivity contribution in [1.82, 2.24) is 14.8 Å². The molecule has 2 heterocycles. The molecule has 2 fully saturated rings. The summed E-state index contributed by atoms with van der Waals surface area (Å²) < 4.78 is 5.65. The quantitative estimate of drug-likeness (QED) is 0.581. The summed E-state index contributed by atoms with van der Waals surface area (Å²) in [5.41, 5.74) is 3.62. The van der Waals surface area contributed by atoms with Crippen LogP contribution in [0.1, 0.15) is 42.6 Å². The third kappa shape index (κ3) is 4.14. The molecule has 33 heavy (non-hydrogen) atoms. The zero-order valence-electron chi connectivity index (χ0n) is 18.9. The Hall–Kier alpha value is -3.16. The van der Waals surface area contributed by atoms with Crippen molar-refractivity contribution in [2.75, 3.05) is 6.54 Å². The summed E-state index contributed by atoms with van der Waals surface area (Å²) in [5.74, 6) is -0.112. The minimum Gasteiger partial charge on any atom is -0.361 e. The molecule has 7 heteroatoms. The highest BCUT2D eigenvalue weighted by molar-refractivity contribution is 5.95. The second-order valence-corrected chi connectivity index (χ2v) is 9.14. The van der Waals surface area contributed by atoms with Crippen molar-refractivity contribution in [2.24, 2.45) is 5.92 Å². The Kier molecular flexibility index (Phi) is 5.68. The molecule has 2 N–H and O–H groups in total. The fourth-order valence-corrected chi connectivity index (χ4v) is 4.79. The summed E-state index contributed by atoms with van der Waals surface area (Å²) in [7, 11) is 0. The molecule has 1 aliphatic carbocycles. The Balaban J connectivity index is 1.36. The van der Waals surface area contributed by atoms with E-state index >= 15 is 0 Å². The van der Waals surface area contributed by atoms with Gasteiger partial charge in [-0.05, 0) is 49.8 Å². The Bertz CT molecular complexity index is 1170. The summed E-state index contributed by atoms with van der Waals surface area (Å²) in [6.07, 6.45) is 1.54. The van der Waals surface area contributed by atoms with Gasteiger partial charge in [0.25, 0.3) is 5.91 Å². The van der Waals surface area contributed by atoms with E-state index in [0.29, 0.717) is 18.0 Å². The molecule has 2 amide bonds. The van der Waals surface area contributed by atoms with E-state index in [1.807, 2.05) is 60.4 Å². The van der Waals surface area contributed by atoms with E-state index in [1.165, 1.54) is 0 Å². The van der Waals surface area contributed by atoms with Gasteiger partial charge in [0.05, 0.1) is 0 Å². The smallest absolute Gasteiger partial charge is 0.260 e. The number of aliphatic hydroxyl groups is 1. The molecule has 1 aliphatic heterocycles. The Morgan fingerprint density at radius 3 is 2.70 bits per heavy atom. The van der Waals surface area contributed by atoms with Crippen LogP contribution in [0.15, 0.2) is 54.7 Å². The number of aliphatic hydroxyl groups excluding tert-OH is 1. The molecule has 1 saturated carbocycles. The molecule has 1 aromatic heterocycles. The van der Waals surface area contributed by atoms with E-state index < -0.39 is 18.4 Å². The Morgan fingerprint density at radius 1 is 1.21 bits per heavy atom. The SMILES string of the molecule is Cc1cccc2[nH]cc(C3OC(O)N(CC(=O)N(Cc4ccccc4)[C@@H](C)C4CC4)C3=O)c12. The number of carbonyl (C=O) groups is 2. The topological polar surface area (TPSA) is 85.9 Å². The Morgan fingerprint density at radius 2 is 1.97 bits per heavy atom. The van der Waals surface area contributed by atoms with Crippen molar-refractivity contribution < 1.29 is 19.4 Å². The number of carbonyl (C=O) groups excluding carboxylic acids is 2. The largest absolute Gasteiger partial charge is 0.361 e. The highest BCUT2D eigenvalue weighted by Gasteiger charge is 2.44. The van der Waals surface area contributed by atoms with Gasteiger partial charge in [0.15, 0.2) is 6.10 Å². The van der Waals surface area contributed by atoms with Gasteiger partial charge in [-0.1, -0.05) is 42.5 Å². The van der Waals surface area contributed by atoms with Crippen molar-refractivity contribution >= 4 is 22.7 Å². The predicted molar refractivity (Wildman–Crippen MR) is 124 cm³/mol. The fourth-order valence-electron chi connectivity index (χ4n) is 4.79. The van der Waals surface area contributed by atoms with Crippen LogP contribution in [0.2, 0.25) is 0 Å². The highest BCUT2D eigenvalue weighted by atomic mass is 16.6. The molecule has 2 unspecified atom stereocenters. The number of aromatic amines is 1. The van der Waals surface area contributed by atoms with Gasteiger partial charge in [-0.25, -0.2) is 0 Å². The third-order valence-corrected chi connectivity index (χ3v) is 6.88. The van der Waals surface area contributed by atoms with E-state index in [4.69, 9.17) is 4.74 Å². The number of ether oxygens (including phenoxy) is 1. The molecule has 3 atom stereocenters. The summed E-state index contributed by atoms with van der Waals surface area (Å²) in [5, 5.41) is 11.5. The van der Waals surface area contributed by atoms with Crippen LogP contribution in [0.3, 0.4) is 0 Å². The van der Waals surface area contributed by atoms with Crippen LogP contribution in [-0.4, -0.2) is 50.7 Å². The predicted octanol–water partition coefficient (Wildman–Crippen LogP) is 3.48. The minimum absolute atomic E-state index is 0.0699. The first-order chi connectivity index (χ1) is 15.9. The van der Waals surface area contributed by atoms with Gasteiger partial charge in [0.2, 0.25) is 12.3 Å². The second-order valence-electron chi connectivity index (χ2n) is 9.14. The van der Waals surface area contributed by atoms with Gasteiger partial charge >= 0.3 is 0 Å². The first-order valence-corrected chi connectivity index (χ1v) is 11.5. The normalized spacial score (nSPS) is 21.5. The molecule has 0 bridgehead atoms. The molecular formula is C26H29N3O4. The van der Waals surface area contributed by atoms with Crippen molar-refractivity contribution in [2.45, 2.75) is 51.8 Å². The monoisotopic (exact) mass is 447 g/mol. The summed E-state index contributed by atoms with van der Waals surface area (Å²) >= 11 is 0. The van der Waals surface area contributed by atoms with E-state index in [2.05, 4.69) is 11.9 Å². The van der Waals surface area contributed by atoms with Gasteiger partial charge in [0.1, 0.15) is 6.54 Å². The van der Waals surface area contributed by atoms with Crippen LogP contribution in [0.5, 0.6) is 0 Å². The third-order valence-electron chi connectivity index (χ3n) is 6.88. The van der Waals surface area contributed by atoms with Crippen molar-refractivity contribution in [1.29, 1.82) is 0 Å². The maximum Gasteiger partial charge on any atom is 0.260 e. The number of H-pyrrole nitrogens is 1. The van der Waals surface area contributed by atoms with E-state index in [0.717, 1.165) is 39.8 Å². The van der Waals surface area contributed by atoms with Crippen molar-refractivity contribution in [3.05, 3.63) is 71.4 Å². The molecule has 5 rings (SSSR count). The zero-order valence-corrected chi connectivity index (χ0v) is 18.9. The number of rotatable bonds is 7. The maximum atomic E-state index is 13.4. The van der Waals surface area contributed by atoms with Crippen LogP contribution in [0.25, 0.3) is 10.9 Å². The highest BCUT2D eigenvalue weighted by Crippen LogP contribution is 2.37. The van der Waals surface area contributed by atoms with E-state index in [1.54, 1.807) is 6.20 Å². The molecule has 0 radical (unpaired) electrons. The average molecular weight is 448 g/mol. The molecular weight excluding hydrogens is 418 g/mol. The lowest BCUT2D eigenvalue weighted by Crippen LogP contribution is -2.47. The van der Waals surface area contributed by atoms with E-state index in [-0.39, 0.29) is 18.5 Å². The fraction of sp³-hybridized carbons (Fsp3) is 0.385. The van der Waals surface area contributed by atoms with Gasteiger partial charge < -0.3 is 19.7 Å². The van der Waals surface area contributed by atoms with Crippen molar-refractivity contribution in [3.63, 3.8) is 0 Å². The first-order valence-electron chi connectivity index (χ1n) is 11.5. The van der Waals surface area contributed by atoms with Gasteiger partial charge in [-0.2, -0.15) is 0 Å². The van der Waals surface area contributed by atoms with Crippen LogP contribution in [-0.2, 0) is 20.9 Å². The standard InChI is InChI=1S/C26H29N3O4/c1-16-7-6-10-21-23(16)20(13-27-21)24-25(31)29(26(32)33-24)15-22(30)28(17(2)19-11-12-19)14-18-8-4-3-5-9-18/h3-10,13,17,19,24,26-27,32H,11-12,14-15H2,1-2H3/t17-,24?,26?/m0/s1. The number of nitrogens with zero attached hydrogens (tertiary/aromatic N) is 2. The molecule has 3 aromatic rings. The second kappa shape index (κ2) is 8.65. The number of nitrogens with one attached hydrogen (secondary N) is 1. The van der Waals surface area contributed by atoms with Crippen molar-refractivity contribution in [3.8, 4) is 0 Å². The Labute approximate surface area is 192 Å². The van der Waals surface area contributed by atoms with Crippen LogP contribution >= 0.6 is 0 Å². The lowest BCUT2D eigenvalue weighted by molar-refractivity contribution is -0.163. The number of aromatic nitrogens is 1. The van der Waals surface area contributed by atoms with E-state index in [9.17, 15) is 14.7 Å². The van der Waals surface area contributed by atoms with Gasteiger partial charge in [-0.15, -0.1) is 0 Å². The lowest BCUT2D eigenvalue weighted by atomic mass is 10.0. The summed E-state index contributed by atoms with van der Waals surface area (Å²) in [4.78, 5) is 32.8. The van der Waals surface area contributed by atoms with Crippen LogP contribution in [0, 0.1) is 12.8 Å². The first kappa shape index (κ1) is 21.7. The average Bonchev–Trinajstić information content (AvgIpc) is 3.52. The summed E-state index contributed by atoms with van der Waals surface area (Å²) in [6.45, 7) is 4.29. The van der Waals surface area contributed by atoms with Gasteiger partial charge in [0, 0.05) is 35.2 Å². The molecule has 2 aromatic carbocycles. The van der Waals surface area contributed by atoms with Crippen LogP contribution in [0.4, 0.5) is 0 Å². The maximum absolute atomic E-state index is 13.4. The molecule has 172 valence electrons.